The van der Waals surface area contributed by atoms with Crippen LogP contribution in [0.3, 0.4) is 0 Å². The van der Waals surface area contributed by atoms with Crippen molar-refractivity contribution in [3.05, 3.63) is 51.9 Å². The Bertz CT molecular complexity index is 982. The molecule has 2 aromatic rings. The molecule has 1 unspecified atom stereocenters. The number of morpholine rings is 1. The predicted octanol–water partition coefficient (Wildman–Crippen LogP) is 3.15. The van der Waals surface area contributed by atoms with Gasteiger partial charge in [-0.1, -0.05) is 12.1 Å². The van der Waals surface area contributed by atoms with E-state index < -0.39 is 23.8 Å². The number of amides is 1. The second-order valence-corrected chi connectivity index (χ2v) is 7.87. The van der Waals surface area contributed by atoms with E-state index in [0.29, 0.717) is 42.4 Å². The van der Waals surface area contributed by atoms with Gasteiger partial charge in [-0.2, -0.15) is 13.2 Å². The first kappa shape index (κ1) is 21.8. The molecule has 31 heavy (non-hydrogen) atoms. The minimum absolute atomic E-state index is 0.00548. The third-order valence-corrected chi connectivity index (χ3v) is 5.52. The average Bonchev–Trinajstić information content (AvgIpc) is 3.17. The third kappa shape index (κ3) is 4.76. The van der Waals surface area contributed by atoms with E-state index in [4.69, 9.17) is 16.3 Å². The number of aromatic nitrogens is 2. The van der Waals surface area contributed by atoms with Gasteiger partial charge in [-0.25, -0.2) is 9.97 Å². The van der Waals surface area contributed by atoms with Crippen LogP contribution in [0.2, 0.25) is 5.28 Å². The molecule has 166 valence electrons. The molecule has 3 heterocycles. The van der Waals surface area contributed by atoms with Crippen LogP contribution in [-0.2, 0) is 28.8 Å². The van der Waals surface area contributed by atoms with E-state index in [2.05, 4.69) is 20.6 Å². The van der Waals surface area contributed by atoms with Gasteiger partial charge < -0.3 is 20.3 Å². The number of carbonyl (C=O) groups excluding carboxylic acids is 1. The summed E-state index contributed by atoms with van der Waals surface area (Å²) in [7, 11) is 0. The first-order valence-electron chi connectivity index (χ1n) is 9.81. The summed E-state index contributed by atoms with van der Waals surface area (Å²) < 4.78 is 44.5. The Hall–Kier alpha value is -2.43. The highest BCUT2D eigenvalue weighted by atomic mass is 35.5. The molecule has 11 heteroatoms. The SMILES string of the molecule is C[C@@H](Nc1nc(Cl)nc2c1CN(C(=O)C1COCCN1)C2)c1cccc(C(F)(F)F)c1. The summed E-state index contributed by atoms with van der Waals surface area (Å²) in [5.74, 6) is 0.300. The normalized spacial score (nSPS) is 19.8. The van der Waals surface area contributed by atoms with E-state index in [1.807, 2.05) is 0 Å². The number of ether oxygens (including phenoxy) is 1. The second-order valence-electron chi connectivity index (χ2n) is 7.53. The molecule has 4 rings (SSSR count). The summed E-state index contributed by atoms with van der Waals surface area (Å²) in [6.07, 6.45) is -4.42. The maximum absolute atomic E-state index is 13.1. The molecule has 0 bridgehead atoms. The summed E-state index contributed by atoms with van der Waals surface area (Å²) in [6.45, 7) is 3.76. The van der Waals surface area contributed by atoms with Crippen molar-refractivity contribution >= 4 is 23.3 Å². The highest BCUT2D eigenvalue weighted by Crippen LogP contribution is 2.33. The minimum Gasteiger partial charge on any atom is -0.378 e. The maximum atomic E-state index is 13.1. The number of hydrogen-bond acceptors (Lipinski definition) is 6. The lowest BCUT2D eigenvalue weighted by Gasteiger charge is -2.27. The molecule has 2 N–H and O–H groups in total. The molecule has 1 aromatic heterocycles. The van der Waals surface area contributed by atoms with E-state index in [0.717, 1.165) is 12.1 Å². The van der Waals surface area contributed by atoms with Crippen molar-refractivity contribution in [1.29, 1.82) is 0 Å². The molecule has 1 aromatic carbocycles. The topological polar surface area (TPSA) is 79.4 Å². The molecular formula is C20H21ClF3N5O2. The number of alkyl halides is 3. The number of benzene rings is 1. The van der Waals surface area contributed by atoms with Crippen LogP contribution in [0.15, 0.2) is 24.3 Å². The lowest BCUT2D eigenvalue weighted by molar-refractivity contribution is -0.138. The van der Waals surface area contributed by atoms with E-state index in [1.54, 1.807) is 17.9 Å². The van der Waals surface area contributed by atoms with Gasteiger partial charge in [0.05, 0.1) is 37.6 Å². The Morgan fingerprint density at radius 2 is 2.16 bits per heavy atom. The summed E-state index contributed by atoms with van der Waals surface area (Å²) in [5.41, 5.74) is 1.05. The van der Waals surface area contributed by atoms with Crippen LogP contribution >= 0.6 is 11.6 Å². The minimum atomic E-state index is -4.42. The summed E-state index contributed by atoms with van der Waals surface area (Å²) in [5, 5.41) is 6.28. The monoisotopic (exact) mass is 455 g/mol. The van der Waals surface area contributed by atoms with Gasteiger partial charge in [-0.05, 0) is 36.2 Å². The molecule has 2 aliphatic rings. The Balaban J connectivity index is 1.53. The fourth-order valence-electron chi connectivity index (χ4n) is 3.72. The molecule has 2 atom stereocenters. The number of nitrogens with one attached hydrogen (secondary N) is 2. The van der Waals surface area contributed by atoms with Gasteiger partial charge in [0.1, 0.15) is 11.9 Å². The van der Waals surface area contributed by atoms with Crippen molar-refractivity contribution in [3.8, 4) is 0 Å². The van der Waals surface area contributed by atoms with Gasteiger partial charge in [0.2, 0.25) is 11.2 Å². The predicted molar refractivity (Wildman–Crippen MR) is 107 cm³/mol. The lowest BCUT2D eigenvalue weighted by atomic mass is 10.0. The number of nitrogens with zero attached hydrogens (tertiary/aromatic N) is 3. The molecule has 7 nitrogen and oxygen atoms in total. The van der Waals surface area contributed by atoms with E-state index in [1.165, 1.54) is 6.07 Å². The molecule has 0 radical (unpaired) electrons. The smallest absolute Gasteiger partial charge is 0.378 e. The van der Waals surface area contributed by atoms with Gasteiger partial charge in [0.25, 0.3) is 0 Å². The number of fused-ring (bicyclic) bond motifs is 1. The second kappa shape index (κ2) is 8.60. The lowest BCUT2D eigenvalue weighted by Crippen LogP contribution is -2.51. The van der Waals surface area contributed by atoms with Crippen molar-refractivity contribution < 1.29 is 22.7 Å². The molecule has 0 spiro atoms. The zero-order valence-electron chi connectivity index (χ0n) is 16.7. The maximum Gasteiger partial charge on any atom is 0.416 e. The number of halogens is 4. The summed E-state index contributed by atoms with van der Waals surface area (Å²) in [6, 6.07) is 4.21. The van der Waals surface area contributed by atoms with Gasteiger partial charge in [0.15, 0.2) is 0 Å². The van der Waals surface area contributed by atoms with Crippen molar-refractivity contribution in [2.45, 2.75) is 38.3 Å². The number of carbonyl (C=O) groups is 1. The Morgan fingerprint density at radius 3 is 2.87 bits per heavy atom. The highest BCUT2D eigenvalue weighted by molar-refractivity contribution is 6.28. The van der Waals surface area contributed by atoms with Crippen LogP contribution in [0, 0.1) is 0 Å². The molecule has 1 fully saturated rings. The van der Waals surface area contributed by atoms with Crippen molar-refractivity contribution in [2.24, 2.45) is 0 Å². The van der Waals surface area contributed by atoms with Gasteiger partial charge >= 0.3 is 6.18 Å². The van der Waals surface area contributed by atoms with Crippen molar-refractivity contribution in [3.63, 3.8) is 0 Å². The van der Waals surface area contributed by atoms with Crippen molar-refractivity contribution in [2.75, 3.05) is 25.1 Å². The van der Waals surface area contributed by atoms with Crippen molar-refractivity contribution in [1.82, 2.24) is 20.2 Å². The van der Waals surface area contributed by atoms with E-state index in [-0.39, 0.29) is 24.3 Å². The van der Waals surface area contributed by atoms with E-state index in [9.17, 15) is 18.0 Å². The number of rotatable bonds is 4. The fraction of sp³-hybridized carbons (Fsp3) is 0.450. The quantitative estimate of drug-likeness (QED) is 0.689. The molecule has 1 saturated heterocycles. The molecular weight excluding hydrogens is 435 g/mol. The number of hydrogen-bond donors (Lipinski definition) is 2. The zero-order chi connectivity index (χ0) is 22.2. The van der Waals surface area contributed by atoms with Gasteiger partial charge in [-0.3, -0.25) is 4.79 Å². The fourth-order valence-corrected chi connectivity index (χ4v) is 3.90. The van der Waals surface area contributed by atoms with Crippen LogP contribution in [0.5, 0.6) is 0 Å². The third-order valence-electron chi connectivity index (χ3n) is 5.35. The molecule has 0 aliphatic carbocycles. The average molecular weight is 456 g/mol. The standard InChI is InChI=1S/C20H21ClF3N5O2/c1-11(12-3-2-4-13(7-12)20(22,23)24)26-17-14-8-29(9-15(14)27-19(21)28-17)18(30)16-10-31-6-5-25-16/h2-4,7,11,16,25H,5-6,8-10H2,1H3,(H,26,27,28)/t11-,16?/m1/s1. The van der Waals surface area contributed by atoms with Crippen LogP contribution in [-0.4, -0.2) is 46.6 Å². The van der Waals surface area contributed by atoms with Crippen LogP contribution in [0.1, 0.15) is 35.3 Å². The van der Waals surface area contributed by atoms with Gasteiger partial charge in [-0.15, -0.1) is 0 Å². The van der Waals surface area contributed by atoms with Crippen LogP contribution in [0.25, 0.3) is 0 Å². The molecule has 1 amide bonds. The van der Waals surface area contributed by atoms with Crippen LogP contribution < -0.4 is 10.6 Å². The number of anilines is 1. The van der Waals surface area contributed by atoms with E-state index >= 15 is 0 Å². The summed E-state index contributed by atoms with van der Waals surface area (Å²) >= 11 is 6.07. The Morgan fingerprint density at radius 1 is 1.35 bits per heavy atom. The highest BCUT2D eigenvalue weighted by Gasteiger charge is 2.34. The first-order chi connectivity index (χ1) is 14.7. The summed E-state index contributed by atoms with van der Waals surface area (Å²) in [4.78, 5) is 22.9. The van der Waals surface area contributed by atoms with Crippen LogP contribution in [0.4, 0.5) is 19.0 Å². The first-order valence-corrected chi connectivity index (χ1v) is 10.2. The Labute approximate surface area is 182 Å². The zero-order valence-corrected chi connectivity index (χ0v) is 17.4. The Kier molecular flexibility index (Phi) is 6.05. The largest absolute Gasteiger partial charge is 0.416 e. The molecule has 2 aliphatic heterocycles. The molecule has 0 saturated carbocycles. The van der Waals surface area contributed by atoms with Gasteiger partial charge in [0, 0.05) is 18.2 Å².